The number of thioether (sulfide) groups is 1. The van der Waals surface area contributed by atoms with E-state index in [2.05, 4.69) is 5.32 Å². The minimum Gasteiger partial charge on any atom is -0.480 e. The molecule has 0 radical (unpaired) electrons. The highest BCUT2D eigenvalue weighted by Crippen LogP contribution is 2.47. The fourth-order valence-corrected chi connectivity index (χ4v) is 4.80. The number of rotatable bonds is 4. The molecule has 0 spiro atoms. The Labute approximate surface area is 164 Å². The second-order valence-corrected chi connectivity index (χ2v) is 8.59. The Kier molecular flexibility index (Phi) is 6.26. The van der Waals surface area contributed by atoms with Gasteiger partial charge < -0.3 is 50.0 Å². The van der Waals surface area contributed by atoms with Crippen molar-refractivity contribution in [3.05, 3.63) is 0 Å². The van der Waals surface area contributed by atoms with Crippen LogP contribution in [0.15, 0.2) is 0 Å². The van der Waals surface area contributed by atoms with Crippen LogP contribution in [0.5, 0.6) is 0 Å². The maximum atomic E-state index is 11.4. The van der Waals surface area contributed by atoms with E-state index in [-0.39, 0.29) is 12.4 Å². The SMILES string of the molecule is CC12OCC(O)C(O[C@H]3O[C@H](CO)[C@@H](O)[C@H](O)[C@H]3O)C1(O)NC(C(=O)O)CS2. The van der Waals surface area contributed by atoms with Crippen LogP contribution in [-0.4, -0.2) is 120 Å². The molecule has 10 atom stereocenters. The standard InChI is InChI=1S/C15H25NO11S/c1-14-15(24,16-5(4-28-14)12(22)23)11(6(18)3-25-14)27-13-10(21)9(20)8(19)7(2-17)26-13/h5-11,13,16-21,24H,2-4H2,1H3,(H,22,23)/t5?,6?,7-,8-,9+,10-,11?,13-,14?,15?/m1/s1. The van der Waals surface area contributed by atoms with Crippen molar-refractivity contribution >= 4 is 17.7 Å². The lowest BCUT2D eigenvalue weighted by molar-refractivity contribution is -0.357. The third kappa shape index (κ3) is 3.54. The highest BCUT2D eigenvalue weighted by molar-refractivity contribution is 8.00. The van der Waals surface area contributed by atoms with Gasteiger partial charge in [0.2, 0.25) is 0 Å². The number of nitrogens with one attached hydrogen (secondary N) is 1. The monoisotopic (exact) mass is 427 g/mol. The molecule has 0 aromatic carbocycles. The van der Waals surface area contributed by atoms with Crippen molar-refractivity contribution in [1.82, 2.24) is 5.32 Å². The Bertz CT molecular complexity index is 596. The molecule has 0 aliphatic carbocycles. The molecule has 0 bridgehead atoms. The number of hydrogen-bond donors (Lipinski definition) is 8. The first-order valence-corrected chi connectivity index (χ1v) is 9.67. The number of aliphatic carboxylic acids is 1. The zero-order chi connectivity index (χ0) is 20.9. The highest BCUT2D eigenvalue weighted by atomic mass is 32.2. The van der Waals surface area contributed by atoms with E-state index in [1.54, 1.807) is 0 Å². The third-order valence-electron chi connectivity index (χ3n) is 5.33. The molecule has 8 N–H and O–H groups in total. The van der Waals surface area contributed by atoms with Gasteiger partial charge >= 0.3 is 5.97 Å². The summed E-state index contributed by atoms with van der Waals surface area (Å²) in [5.41, 5.74) is -2.20. The van der Waals surface area contributed by atoms with E-state index in [0.29, 0.717) is 0 Å². The number of hydrogen-bond acceptors (Lipinski definition) is 12. The van der Waals surface area contributed by atoms with E-state index < -0.39 is 72.2 Å². The Morgan fingerprint density at radius 1 is 1.25 bits per heavy atom. The molecule has 0 aromatic heterocycles. The van der Waals surface area contributed by atoms with Crippen molar-refractivity contribution in [2.24, 2.45) is 0 Å². The van der Waals surface area contributed by atoms with Crippen molar-refractivity contribution in [3.63, 3.8) is 0 Å². The van der Waals surface area contributed by atoms with Gasteiger partial charge in [-0.3, -0.25) is 10.1 Å². The summed E-state index contributed by atoms with van der Waals surface area (Å²) < 4.78 is 16.4. The van der Waals surface area contributed by atoms with E-state index in [1.807, 2.05) is 0 Å². The lowest BCUT2D eigenvalue weighted by Gasteiger charge is -2.57. The summed E-state index contributed by atoms with van der Waals surface area (Å²) in [6.07, 6.45) is -10.9. The van der Waals surface area contributed by atoms with Crippen LogP contribution in [-0.2, 0) is 19.0 Å². The topological polar surface area (TPSA) is 198 Å². The molecule has 13 heteroatoms. The summed E-state index contributed by atoms with van der Waals surface area (Å²) in [5.74, 6) is -1.15. The molecule has 3 saturated heterocycles. The Morgan fingerprint density at radius 2 is 1.93 bits per heavy atom. The minimum absolute atomic E-state index is 0.0804. The predicted octanol–water partition coefficient (Wildman–Crippen LogP) is -4.24. The van der Waals surface area contributed by atoms with E-state index in [9.17, 15) is 40.5 Å². The average Bonchev–Trinajstić information content (AvgIpc) is 2.65. The Morgan fingerprint density at radius 3 is 2.54 bits per heavy atom. The molecular weight excluding hydrogens is 402 g/mol. The van der Waals surface area contributed by atoms with Gasteiger partial charge in [-0.05, 0) is 6.92 Å². The first-order valence-electron chi connectivity index (χ1n) is 8.69. The quantitative estimate of drug-likeness (QED) is 0.215. The van der Waals surface area contributed by atoms with Crippen LogP contribution in [0.1, 0.15) is 6.92 Å². The molecule has 0 amide bonds. The number of carbonyl (C=O) groups is 1. The molecule has 0 saturated carbocycles. The second kappa shape index (κ2) is 7.92. The number of aliphatic hydroxyl groups is 6. The summed E-state index contributed by atoms with van der Waals surface area (Å²) >= 11 is 1.02. The molecule has 0 aromatic rings. The number of aliphatic hydroxyl groups excluding tert-OH is 5. The van der Waals surface area contributed by atoms with Gasteiger partial charge in [0.25, 0.3) is 0 Å². The van der Waals surface area contributed by atoms with Gasteiger partial charge in [0.1, 0.15) is 42.7 Å². The number of fused-ring (bicyclic) bond motifs is 1. The zero-order valence-electron chi connectivity index (χ0n) is 14.9. The van der Waals surface area contributed by atoms with Crippen LogP contribution in [0.25, 0.3) is 0 Å². The van der Waals surface area contributed by atoms with Crippen LogP contribution in [0.2, 0.25) is 0 Å². The van der Waals surface area contributed by atoms with Gasteiger partial charge in [0, 0.05) is 5.75 Å². The van der Waals surface area contributed by atoms with Crippen molar-refractivity contribution in [2.45, 2.75) is 66.5 Å². The van der Waals surface area contributed by atoms with Gasteiger partial charge in [-0.25, -0.2) is 0 Å². The van der Waals surface area contributed by atoms with E-state index in [0.717, 1.165) is 11.8 Å². The van der Waals surface area contributed by atoms with E-state index in [4.69, 9.17) is 14.2 Å². The molecule has 3 aliphatic heterocycles. The molecule has 3 heterocycles. The molecule has 28 heavy (non-hydrogen) atoms. The van der Waals surface area contributed by atoms with Gasteiger partial charge in [0.05, 0.1) is 13.2 Å². The normalized spacial score (nSPS) is 52.1. The predicted molar refractivity (Wildman–Crippen MR) is 91.0 cm³/mol. The zero-order valence-corrected chi connectivity index (χ0v) is 15.7. The van der Waals surface area contributed by atoms with Crippen LogP contribution < -0.4 is 5.32 Å². The second-order valence-electron chi connectivity index (χ2n) is 7.19. The third-order valence-corrected chi connectivity index (χ3v) is 6.81. The maximum absolute atomic E-state index is 11.4. The highest BCUT2D eigenvalue weighted by Gasteiger charge is 2.64. The Hall–Kier alpha value is -0.580. The average molecular weight is 427 g/mol. The molecule has 162 valence electrons. The minimum atomic E-state index is -2.20. The number of carboxylic acid groups (broad SMARTS) is 1. The molecule has 3 fully saturated rings. The first kappa shape index (κ1) is 22.1. The fourth-order valence-electron chi connectivity index (χ4n) is 3.54. The van der Waals surface area contributed by atoms with Crippen LogP contribution >= 0.6 is 11.8 Å². The molecular formula is C15H25NO11S. The fraction of sp³-hybridized carbons (Fsp3) is 0.933. The lowest BCUT2D eigenvalue weighted by Crippen LogP contribution is -2.79. The van der Waals surface area contributed by atoms with Gasteiger partial charge in [-0.1, -0.05) is 0 Å². The van der Waals surface area contributed by atoms with Crippen LogP contribution in [0, 0.1) is 0 Å². The van der Waals surface area contributed by atoms with Crippen molar-refractivity contribution in [2.75, 3.05) is 19.0 Å². The van der Waals surface area contributed by atoms with Crippen LogP contribution in [0.3, 0.4) is 0 Å². The summed E-state index contributed by atoms with van der Waals surface area (Å²) in [7, 11) is 0. The Balaban J connectivity index is 1.87. The van der Waals surface area contributed by atoms with Crippen LogP contribution in [0.4, 0.5) is 0 Å². The van der Waals surface area contributed by atoms with Crippen molar-refractivity contribution < 1.29 is 54.8 Å². The molecule has 12 nitrogen and oxygen atoms in total. The van der Waals surface area contributed by atoms with Crippen molar-refractivity contribution in [1.29, 1.82) is 0 Å². The lowest BCUT2D eigenvalue weighted by atomic mass is 9.91. The van der Waals surface area contributed by atoms with E-state index >= 15 is 0 Å². The summed E-state index contributed by atoms with van der Waals surface area (Å²) in [6, 6.07) is -1.17. The molecule has 3 aliphatic rings. The summed E-state index contributed by atoms with van der Waals surface area (Å²) in [5, 5.41) is 72.7. The maximum Gasteiger partial charge on any atom is 0.321 e. The molecule has 3 rings (SSSR count). The smallest absolute Gasteiger partial charge is 0.321 e. The van der Waals surface area contributed by atoms with Gasteiger partial charge in [-0.15, -0.1) is 11.8 Å². The number of ether oxygens (including phenoxy) is 3. The summed E-state index contributed by atoms with van der Waals surface area (Å²) in [6.45, 7) is 0.559. The largest absolute Gasteiger partial charge is 0.480 e. The summed E-state index contributed by atoms with van der Waals surface area (Å²) in [4.78, 5) is 9.99. The van der Waals surface area contributed by atoms with E-state index in [1.165, 1.54) is 6.92 Å². The number of carboxylic acids is 1. The van der Waals surface area contributed by atoms with Gasteiger partial charge in [0.15, 0.2) is 16.9 Å². The van der Waals surface area contributed by atoms with Gasteiger partial charge in [-0.2, -0.15) is 0 Å². The van der Waals surface area contributed by atoms with Crippen molar-refractivity contribution in [3.8, 4) is 0 Å². The molecule has 5 unspecified atom stereocenters. The first-order chi connectivity index (χ1) is 13.0.